The lowest BCUT2D eigenvalue weighted by atomic mass is 9.84. The Morgan fingerprint density at radius 3 is 1.23 bits per heavy atom. The number of hydrogen-bond donors (Lipinski definition) is 0. The standard InChI is InChI=1S/2C14H16.C12H14S.C11H13NOS.C11H16.C10H12N2O.C10H14.C8H12S.7C2H6/c1-14(2,3)13-10-6-8-11-7-4-5-9-12(11)13;1-14(2,3)13-9-8-11-6-4-5-7-12(11)10-13;1-12(2,3)10-8-13-11-7-5-4-6-9(10)11;1-11(2,3)10-5-4-9(14-10)8-6-7-13-12-8;1-11(2,3)9-10-7-5-4-6-8-10;1-10(2,3)7-5-4-6-8-9(7)12-13-11-8;1-10(2,3)9-7-5-4-6-8-9;1-8(2,3)7-5-4-6-9-7;7*1-2/h2*4-10H,1-3H3;4-8H,1-3H3;4-7H,1-3H3;4-8H,9H2,1-3H3;4-6H,1-3H3;4-8H,1-3H3;4-6H,1-3H3;7*1-2H3. The highest BCUT2D eigenvalue weighted by Crippen LogP contribution is 2.37. The summed E-state index contributed by atoms with van der Waals surface area (Å²) in [6.07, 6.45) is 2.76. The first kappa shape index (κ1) is 106. The van der Waals surface area contributed by atoms with Gasteiger partial charge in [0.05, 0.1) is 4.88 Å². The van der Waals surface area contributed by atoms with Crippen molar-refractivity contribution < 1.29 is 9.15 Å². The van der Waals surface area contributed by atoms with E-state index in [1.807, 2.05) is 138 Å². The fraction of sp³-hybridized carbons (Fsp3) is 0.452. The Hall–Kier alpha value is -7.75. The van der Waals surface area contributed by atoms with Crippen molar-refractivity contribution in [3.05, 3.63) is 279 Å². The van der Waals surface area contributed by atoms with Crippen LogP contribution >= 0.6 is 34.0 Å². The van der Waals surface area contributed by atoms with Crippen molar-refractivity contribution in [3.8, 4) is 10.6 Å². The van der Waals surface area contributed by atoms with Crippen LogP contribution in [0.2, 0.25) is 0 Å². The van der Waals surface area contributed by atoms with E-state index in [0.29, 0.717) is 16.2 Å². The monoisotopic (exact) mass is 1570 g/mol. The zero-order chi connectivity index (χ0) is 86.3. The summed E-state index contributed by atoms with van der Waals surface area (Å²) in [7, 11) is 0. The summed E-state index contributed by atoms with van der Waals surface area (Å²) in [5, 5.41) is 22.8. The summed E-state index contributed by atoms with van der Waals surface area (Å²) < 4.78 is 10.9. The van der Waals surface area contributed by atoms with Crippen LogP contribution in [-0.4, -0.2) is 15.5 Å². The van der Waals surface area contributed by atoms with Gasteiger partial charge in [-0.25, -0.2) is 4.63 Å². The average Bonchev–Trinajstić information content (AvgIpc) is 1.23. The fourth-order valence-corrected chi connectivity index (χ4v) is 13.6. The second-order valence-corrected chi connectivity index (χ2v) is 36.5. The Balaban J connectivity index is 0. The van der Waals surface area contributed by atoms with Gasteiger partial charge in [-0.05, 0) is 161 Å². The third-order valence-electron chi connectivity index (χ3n) is 16.1. The van der Waals surface area contributed by atoms with Gasteiger partial charge < -0.3 is 4.52 Å². The lowest BCUT2D eigenvalue weighted by molar-refractivity contribution is 0.315. The minimum absolute atomic E-state index is 0.0814. The molecule has 5 aromatic heterocycles. The normalized spacial score (nSPS) is 10.8. The van der Waals surface area contributed by atoms with Gasteiger partial charge >= 0.3 is 0 Å². The van der Waals surface area contributed by atoms with E-state index in [9.17, 15) is 0 Å². The predicted octanol–water partition coefficient (Wildman–Crippen LogP) is 35.2. The molecular formula is C104H155N3O2S3. The second-order valence-electron chi connectivity index (χ2n) is 33.5. The number of hydrogen-bond acceptors (Lipinski definition) is 8. The summed E-state index contributed by atoms with van der Waals surface area (Å²) in [4.78, 5) is 4.00. The topological polar surface area (TPSA) is 65.0 Å². The van der Waals surface area contributed by atoms with Crippen LogP contribution < -0.4 is 0 Å². The molecule has 0 N–H and O–H groups in total. The van der Waals surface area contributed by atoms with E-state index in [2.05, 4.69) is 393 Å². The summed E-state index contributed by atoms with van der Waals surface area (Å²) in [5.74, 6) is 0. The minimum Gasteiger partial charge on any atom is -0.364 e. The zero-order valence-electron chi connectivity index (χ0n) is 77.6. The Morgan fingerprint density at radius 2 is 0.777 bits per heavy atom. The SMILES string of the molecule is CC.CC.CC.CC.CC.CC.CC.CC(C)(C)Cc1ccccc1.CC(C)(C)c1ccc(-c2ccon2)s1.CC(C)(C)c1ccc2ccccc2c1.CC(C)(C)c1cccc2ccccc12.CC(C)(C)c1cccc2nonc12.CC(C)(C)c1ccccc1.CC(C)(C)c1cccs1.CC(C)(C)c1csc2ccccc12. The Labute approximate surface area is 698 Å². The molecule has 0 aliphatic heterocycles. The molecule has 0 aliphatic carbocycles. The Kier molecular flexibility index (Phi) is 50.6. The van der Waals surface area contributed by atoms with Gasteiger partial charge in [-0.2, -0.15) is 0 Å². The van der Waals surface area contributed by atoms with Crippen LogP contribution in [0.25, 0.3) is 53.2 Å². The molecule has 13 aromatic rings. The molecule has 0 radical (unpaired) electrons. The molecule has 8 heteroatoms. The van der Waals surface area contributed by atoms with Gasteiger partial charge in [0.25, 0.3) is 0 Å². The number of benzene rings is 8. The summed E-state index contributed by atoms with van der Waals surface area (Å²) in [5.41, 5.74) is 13.0. The highest BCUT2D eigenvalue weighted by molar-refractivity contribution is 7.17. The number of aromatic nitrogens is 3. The van der Waals surface area contributed by atoms with Gasteiger partial charge in [0.15, 0.2) is 0 Å². The van der Waals surface area contributed by atoms with Crippen LogP contribution in [-0.2, 0) is 44.3 Å². The van der Waals surface area contributed by atoms with Crippen molar-refractivity contribution in [2.24, 2.45) is 5.41 Å². The maximum Gasteiger partial charge on any atom is 0.138 e. The molecule has 0 amide bonds. The van der Waals surface area contributed by atoms with Crippen molar-refractivity contribution in [3.63, 3.8) is 0 Å². The predicted molar refractivity (Wildman–Crippen MR) is 512 cm³/mol. The van der Waals surface area contributed by atoms with Crippen LogP contribution in [0, 0.1) is 5.41 Å². The van der Waals surface area contributed by atoms with E-state index in [1.165, 1.54) is 79.6 Å². The zero-order valence-corrected chi connectivity index (χ0v) is 80.1. The molecule has 0 bridgehead atoms. The second kappa shape index (κ2) is 53.3. The minimum atomic E-state index is 0.0814. The van der Waals surface area contributed by atoms with Gasteiger partial charge in [0, 0.05) is 20.5 Å². The Morgan fingerprint density at radius 1 is 0.312 bits per heavy atom. The van der Waals surface area contributed by atoms with Gasteiger partial charge in [-0.1, -0.05) is 450 Å². The molecule has 0 saturated carbocycles. The molecule has 112 heavy (non-hydrogen) atoms. The van der Waals surface area contributed by atoms with Crippen molar-refractivity contribution in [1.82, 2.24) is 15.5 Å². The Bertz CT molecular complexity index is 4400. The molecular weight excluding hydrogens is 1420 g/mol. The van der Waals surface area contributed by atoms with Crippen LogP contribution in [0.5, 0.6) is 0 Å². The molecule has 616 valence electrons. The smallest absolute Gasteiger partial charge is 0.138 e. The van der Waals surface area contributed by atoms with E-state index in [1.54, 1.807) is 17.6 Å². The molecule has 0 unspecified atom stereocenters. The van der Waals surface area contributed by atoms with Crippen LogP contribution in [0.15, 0.2) is 245 Å². The molecule has 0 spiro atoms. The van der Waals surface area contributed by atoms with E-state index in [0.717, 1.165) is 23.1 Å². The van der Waals surface area contributed by atoms with Crippen molar-refractivity contribution in [2.45, 2.75) is 307 Å². The van der Waals surface area contributed by atoms with Crippen LogP contribution in [0.3, 0.4) is 0 Å². The number of thiophene rings is 3. The van der Waals surface area contributed by atoms with Crippen LogP contribution in [0.4, 0.5) is 0 Å². The maximum atomic E-state index is 4.82. The first-order valence-electron chi connectivity index (χ1n) is 41.5. The van der Waals surface area contributed by atoms with E-state index >= 15 is 0 Å². The van der Waals surface area contributed by atoms with E-state index < -0.39 is 0 Å². The van der Waals surface area contributed by atoms with Crippen molar-refractivity contribution in [1.29, 1.82) is 0 Å². The molecule has 0 aliphatic rings. The number of nitrogens with zero attached hydrogens (tertiary/aromatic N) is 3. The van der Waals surface area contributed by atoms with Crippen LogP contribution in [0.1, 0.15) is 306 Å². The van der Waals surface area contributed by atoms with E-state index in [-0.39, 0.29) is 27.1 Å². The summed E-state index contributed by atoms with van der Waals surface area (Å²) in [6.45, 7) is 81.6. The van der Waals surface area contributed by atoms with Crippen molar-refractivity contribution >= 4 is 76.7 Å². The molecule has 0 saturated heterocycles. The maximum absolute atomic E-state index is 4.82. The highest BCUT2D eigenvalue weighted by atomic mass is 32.1. The van der Waals surface area contributed by atoms with Gasteiger partial charge in [0.1, 0.15) is 23.0 Å². The third kappa shape index (κ3) is 39.3. The van der Waals surface area contributed by atoms with Crippen molar-refractivity contribution in [2.75, 3.05) is 0 Å². The van der Waals surface area contributed by atoms with E-state index in [4.69, 9.17) is 9.15 Å². The first-order valence-corrected chi connectivity index (χ1v) is 44.1. The van der Waals surface area contributed by atoms with Gasteiger partial charge in [-0.3, -0.25) is 0 Å². The molecule has 13 rings (SSSR count). The fourth-order valence-electron chi connectivity index (χ4n) is 10.6. The highest BCUT2D eigenvalue weighted by Gasteiger charge is 2.22. The number of fused-ring (bicyclic) bond motifs is 4. The molecule has 8 aromatic carbocycles. The lowest BCUT2D eigenvalue weighted by Gasteiger charge is -2.21. The van der Waals surface area contributed by atoms with Gasteiger partial charge in [0.2, 0.25) is 0 Å². The largest absolute Gasteiger partial charge is 0.364 e. The number of rotatable bonds is 2. The molecule has 0 fully saturated rings. The quantitative estimate of drug-likeness (QED) is 0.173. The lowest BCUT2D eigenvalue weighted by Crippen LogP contribution is -2.11. The average molecular weight is 1580 g/mol. The molecule has 5 nitrogen and oxygen atoms in total. The molecule has 0 atom stereocenters. The summed E-state index contributed by atoms with van der Waals surface area (Å²) in [6, 6.07) is 76.5. The first-order chi connectivity index (χ1) is 52.7. The molecule has 5 heterocycles. The summed E-state index contributed by atoms with van der Waals surface area (Å²) >= 11 is 5.45. The third-order valence-corrected chi connectivity index (χ3v) is 19.9. The van der Waals surface area contributed by atoms with Gasteiger partial charge in [-0.15, -0.1) is 34.0 Å².